The van der Waals surface area contributed by atoms with E-state index in [1.165, 1.54) is 0 Å². The van der Waals surface area contributed by atoms with E-state index in [2.05, 4.69) is 23.2 Å². The molecule has 3 aromatic carbocycles. The standard InChI is InChI=1S/C28H26O4.C3HCl2F3O/c1-4-6-20-8-12-22(13-9-20)26(29)27(23-14-10-21(7-5-2)11-15-23)32-28(30)24-16-18-25(31-3)19-17-24;4-2(5)1(9)3(6,7)8/h4-19,27H,1-3H3;2H/b6-4+,7-5+;. The number of hydrogen-bond donors (Lipinski definition) is 0. The summed E-state index contributed by atoms with van der Waals surface area (Å²) in [7, 11) is 1.56. The summed E-state index contributed by atoms with van der Waals surface area (Å²) >= 11 is 9.22. The summed E-state index contributed by atoms with van der Waals surface area (Å²) < 4.78 is 44.4. The topological polar surface area (TPSA) is 69.7 Å². The highest BCUT2D eigenvalue weighted by atomic mass is 35.5. The Morgan fingerprint density at radius 3 is 1.61 bits per heavy atom. The molecule has 0 spiro atoms. The first-order chi connectivity index (χ1) is 19.4. The summed E-state index contributed by atoms with van der Waals surface area (Å²) in [5.74, 6) is -2.35. The number of methoxy groups -OCH3 is 1. The molecule has 3 aromatic rings. The van der Waals surface area contributed by atoms with E-state index >= 15 is 0 Å². The van der Waals surface area contributed by atoms with E-state index in [1.807, 2.05) is 74.5 Å². The van der Waals surface area contributed by atoms with Gasteiger partial charge in [-0.3, -0.25) is 9.59 Å². The summed E-state index contributed by atoms with van der Waals surface area (Å²) in [6, 6.07) is 21.2. The zero-order chi connectivity index (χ0) is 30.6. The normalized spacial score (nSPS) is 12.1. The van der Waals surface area contributed by atoms with Crippen LogP contribution in [0.4, 0.5) is 13.2 Å². The molecule has 0 aliphatic rings. The van der Waals surface area contributed by atoms with Gasteiger partial charge in [0.05, 0.1) is 12.7 Å². The van der Waals surface area contributed by atoms with E-state index in [4.69, 9.17) is 9.47 Å². The van der Waals surface area contributed by atoms with Gasteiger partial charge in [-0.05, 0) is 49.2 Å². The van der Waals surface area contributed by atoms with Crippen molar-refractivity contribution in [2.24, 2.45) is 0 Å². The maximum atomic E-state index is 13.4. The third kappa shape index (κ3) is 10.2. The summed E-state index contributed by atoms with van der Waals surface area (Å²) in [5, 5.41) is 0. The Morgan fingerprint density at radius 2 is 1.22 bits per heavy atom. The van der Waals surface area contributed by atoms with E-state index in [9.17, 15) is 27.6 Å². The highest BCUT2D eigenvalue weighted by Gasteiger charge is 2.42. The van der Waals surface area contributed by atoms with Crippen LogP contribution in [0.25, 0.3) is 12.2 Å². The number of esters is 1. The van der Waals surface area contributed by atoms with Gasteiger partial charge in [-0.15, -0.1) is 0 Å². The first kappa shape index (κ1) is 33.3. The van der Waals surface area contributed by atoms with Crippen molar-refractivity contribution in [2.45, 2.75) is 31.0 Å². The van der Waals surface area contributed by atoms with Crippen LogP contribution >= 0.6 is 23.2 Å². The van der Waals surface area contributed by atoms with Crippen LogP contribution in [0.1, 0.15) is 57.4 Å². The summed E-state index contributed by atoms with van der Waals surface area (Å²) in [4.78, 5) is 34.0. The van der Waals surface area contributed by atoms with Gasteiger partial charge >= 0.3 is 12.1 Å². The molecule has 0 heterocycles. The Labute approximate surface area is 246 Å². The molecule has 0 aliphatic carbocycles. The predicted octanol–water partition coefficient (Wildman–Crippen LogP) is 8.46. The Balaban J connectivity index is 0.000000564. The number of alkyl halides is 5. The van der Waals surface area contributed by atoms with Gasteiger partial charge in [0.25, 0.3) is 5.78 Å². The van der Waals surface area contributed by atoms with Crippen molar-refractivity contribution in [1.82, 2.24) is 0 Å². The molecule has 5 nitrogen and oxygen atoms in total. The molecule has 0 bridgehead atoms. The molecular weight excluding hydrogens is 580 g/mol. The van der Waals surface area contributed by atoms with Crippen molar-refractivity contribution >= 4 is 52.9 Å². The summed E-state index contributed by atoms with van der Waals surface area (Å²) in [6.45, 7) is 3.87. The molecule has 0 amide bonds. The molecule has 1 unspecified atom stereocenters. The lowest BCUT2D eigenvalue weighted by Crippen LogP contribution is -2.27. The number of Topliss-reactive ketones (excluding diaryl/α,β-unsaturated/α-hetero) is 2. The lowest BCUT2D eigenvalue weighted by atomic mass is 9.97. The fraction of sp³-hybridized carbons (Fsp3) is 0.194. The third-order valence-corrected chi connectivity index (χ3v) is 5.82. The Morgan fingerprint density at radius 1 is 0.756 bits per heavy atom. The Hall–Kier alpha value is -3.88. The molecule has 41 heavy (non-hydrogen) atoms. The van der Waals surface area contributed by atoms with E-state index in [0.717, 1.165) is 11.1 Å². The molecular formula is C31H27Cl2F3O5. The van der Waals surface area contributed by atoms with Gasteiger partial charge in [0.2, 0.25) is 5.78 Å². The average Bonchev–Trinajstić information content (AvgIpc) is 2.96. The first-order valence-electron chi connectivity index (χ1n) is 12.1. The average molecular weight is 607 g/mol. The van der Waals surface area contributed by atoms with Crippen molar-refractivity contribution in [2.75, 3.05) is 7.11 Å². The monoisotopic (exact) mass is 606 g/mol. The van der Waals surface area contributed by atoms with Crippen LogP contribution in [0.15, 0.2) is 84.9 Å². The van der Waals surface area contributed by atoms with Gasteiger partial charge in [-0.1, -0.05) is 96.0 Å². The minimum atomic E-state index is -4.92. The largest absolute Gasteiger partial charge is 0.497 e. The molecule has 3 rings (SSSR count). The maximum Gasteiger partial charge on any atom is 0.452 e. The second kappa shape index (κ2) is 15.8. The fourth-order valence-electron chi connectivity index (χ4n) is 3.38. The van der Waals surface area contributed by atoms with Crippen molar-refractivity contribution in [3.63, 3.8) is 0 Å². The number of halogens is 5. The van der Waals surface area contributed by atoms with Gasteiger partial charge in [0.15, 0.2) is 10.9 Å². The number of carbonyl (C=O) groups is 3. The number of rotatable bonds is 9. The summed E-state index contributed by atoms with van der Waals surface area (Å²) in [6.07, 6.45) is 1.81. The number of ether oxygens (including phenoxy) is 2. The molecule has 0 saturated heterocycles. The lowest BCUT2D eigenvalue weighted by molar-refractivity contribution is -0.169. The Bertz CT molecular complexity index is 1360. The van der Waals surface area contributed by atoms with E-state index < -0.39 is 28.9 Å². The van der Waals surface area contributed by atoms with Gasteiger partial charge in [-0.2, -0.15) is 13.2 Å². The molecule has 10 heteroatoms. The highest BCUT2D eigenvalue weighted by molar-refractivity contribution is 6.54. The molecule has 0 fully saturated rings. The molecule has 1 atom stereocenters. The van der Waals surface area contributed by atoms with Crippen molar-refractivity contribution in [3.05, 3.63) is 113 Å². The second-order valence-electron chi connectivity index (χ2n) is 8.33. The first-order valence-corrected chi connectivity index (χ1v) is 13.0. The van der Waals surface area contributed by atoms with E-state index in [1.54, 1.807) is 43.5 Å². The van der Waals surface area contributed by atoms with Gasteiger partial charge in [0, 0.05) is 11.1 Å². The number of carbonyl (C=O) groups excluding carboxylic acids is 3. The van der Waals surface area contributed by atoms with Crippen molar-refractivity contribution < 1.29 is 37.0 Å². The number of allylic oxidation sites excluding steroid dienone is 2. The molecule has 0 saturated carbocycles. The quantitative estimate of drug-likeness (QED) is 0.139. The van der Waals surface area contributed by atoms with Crippen LogP contribution in [-0.2, 0) is 9.53 Å². The van der Waals surface area contributed by atoms with Crippen LogP contribution in [-0.4, -0.2) is 35.7 Å². The number of hydrogen-bond acceptors (Lipinski definition) is 5. The van der Waals surface area contributed by atoms with Crippen LogP contribution < -0.4 is 4.74 Å². The van der Waals surface area contributed by atoms with E-state index in [0.29, 0.717) is 22.4 Å². The number of benzene rings is 3. The van der Waals surface area contributed by atoms with Crippen LogP contribution in [0.2, 0.25) is 0 Å². The Kier molecular flexibility index (Phi) is 12.8. The van der Waals surface area contributed by atoms with Gasteiger partial charge in [-0.25, -0.2) is 4.79 Å². The van der Waals surface area contributed by atoms with Crippen LogP contribution in [0, 0.1) is 0 Å². The molecule has 0 aromatic heterocycles. The fourth-order valence-corrected chi connectivity index (χ4v) is 3.62. The minimum absolute atomic E-state index is 0.280. The second-order valence-corrected chi connectivity index (χ2v) is 9.43. The molecule has 0 N–H and O–H groups in total. The summed E-state index contributed by atoms with van der Waals surface area (Å²) in [5.41, 5.74) is 3.43. The minimum Gasteiger partial charge on any atom is -0.497 e. The lowest BCUT2D eigenvalue weighted by Gasteiger charge is -2.18. The zero-order valence-electron chi connectivity index (χ0n) is 22.3. The zero-order valence-corrected chi connectivity index (χ0v) is 23.8. The van der Waals surface area contributed by atoms with Gasteiger partial charge in [0.1, 0.15) is 5.75 Å². The molecule has 0 radical (unpaired) electrons. The van der Waals surface area contributed by atoms with Crippen LogP contribution in [0.5, 0.6) is 5.75 Å². The van der Waals surface area contributed by atoms with Gasteiger partial charge < -0.3 is 9.47 Å². The van der Waals surface area contributed by atoms with E-state index in [-0.39, 0.29) is 5.78 Å². The van der Waals surface area contributed by atoms with Crippen molar-refractivity contribution in [1.29, 1.82) is 0 Å². The molecule has 0 aliphatic heterocycles. The maximum absolute atomic E-state index is 13.4. The predicted molar refractivity (Wildman–Crippen MR) is 154 cm³/mol. The highest BCUT2D eigenvalue weighted by Crippen LogP contribution is 2.26. The SMILES string of the molecule is C/C=C/c1ccc(C(=O)C(OC(=O)c2ccc(OC)cc2)c2ccc(/C=C/C)cc2)cc1.O=C(C(Cl)Cl)C(F)(F)F. The third-order valence-electron chi connectivity index (χ3n) is 5.42. The smallest absolute Gasteiger partial charge is 0.452 e. The number of ketones is 2. The molecule has 216 valence electrons. The van der Waals surface area contributed by atoms with Crippen LogP contribution in [0.3, 0.4) is 0 Å². The van der Waals surface area contributed by atoms with Crippen molar-refractivity contribution in [3.8, 4) is 5.75 Å².